The summed E-state index contributed by atoms with van der Waals surface area (Å²) >= 11 is 0. The van der Waals surface area contributed by atoms with E-state index >= 15 is 0 Å². The van der Waals surface area contributed by atoms with E-state index in [1.807, 2.05) is 13.2 Å². The molecular formula is C20H34N6O. The van der Waals surface area contributed by atoms with E-state index in [1.165, 1.54) is 18.4 Å². The molecule has 7 heteroatoms. The minimum atomic E-state index is 0.739. The molecule has 1 N–H and O–H groups in total. The van der Waals surface area contributed by atoms with Crippen molar-refractivity contribution in [2.75, 3.05) is 72.0 Å². The number of hydrogen-bond donors (Lipinski definition) is 1. The smallest absolute Gasteiger partial charge is 0.193 e. The summed E-state index contributed by atoms with van der Waals surface area (Å²) in [7, 11) is 6.05. The molecule has 1 aliphatic heterocycles. The highest BCUT2D eigenvalue weighted by molar-refractivity contribution is 5.79. The first-order valence-electron chi connectivity index (χ1n) is 10.0. The zero-order chi connectivity index (χ0) is 19.1. The summed E-state index contributed by atoms with van der Waals surface area (Å²) < 4.78 is 5.73. The summed E-state index contributed by atoms with van der Waals surface area (Å²) in [5.74, 6) is 2.77. The van der Waals surface area contributed by atoms with Gasteiger partial charge in [-0.2, -0.15) is 0 Å². The minimum Gasteiger partial charge on any atom is -0.379 e. The number of piperazine rings is 1. The Balaban J connectivity index is 1.45. The van der Waals surface area contributed by atoms with Gasteiger partial charge in [0.1, 0.15) is 5.82 Å². The molecule has 0 unspecified atom stereocenters. The van der Waals surface area contributed by atoms with Crippen molar-refractivity contribution in [1.82, 2.24) is 20.1 Å². The fourth-order valence-corrected chi connectivity index (χ4v) is 3.19. The molecule has 1 saturated heterocycles. The third-order valence-electron chi connectivity index (χ3n) is 5.28. The van der Waals surface area contributed by atoms with Crippen LogP contribution in [0.2, 0.25) is 0 Å². The van der Waals surface area contributed by atoms with Gasteiger partial charge < -0.3 is 24.8 Å². The standard InChI is InChI=1S/C20H34N6O/c1-21-20(25(3)12-13-27-16-17-4-5-17)23-15-18-6-7-22-19(14-18)26-10-8-24(2)9-11-26/h6-7,14,17H,4-5,8-13,15-16H2,1-3H3,(H,21,23). The lowest BCUT2D eigenvalue weighted by molar-refractivity contribution is 0.115. The quantitative estimate of drug-likeness (QED) is 0.420. The molecule has 1 aromatic heterocycles. The second-order valence-corrected chi connectivity index (χ2v) is 7.65. The monoisotopic (exact) mass is 374 g/mol. The van der Waals surface area contributed by atoms with E-state index in [2.05, 4.69) is 56.2 Å². The maximum absolute atomic E-state index is 5.73. The number of likely N-dealkylation sites (N-methyl/N-ethyl adjacent to an activating group) is 2. The van der Waals surface area contributed by atoms with Crippen LogP contribution in [0, 0.1) is 5.92 Å². The molecule has 2 fully saturated rings. The molecule has 0 aromatic carbocycles. The van der Waals surface area contributed by atoms with E-state index in [-0.39, 0.29) is 0 Å². The van der Waals surface area contributed by atoms with Crippen LogP contribution in [-0.4, -0.2) is 87.8 Å². The lowest BCUT2D eigenvalue weighted by Crippen LogP contribution is -2.44. The maximum atomic E-state index is 5.73. The van der Waals surface area contributed by atoms with Crippen molar-refractivity contribution in [2.45, 2.75) is 19.4 Å². The molecule has 0 spiro atoms. The van der Waals surface area contributed by atoms with Gasteiger partial charge in [-0.05, 0) is 43.5 Å². The number of hydrogen-bond acceptors (Lipinski definition) is 5. The maximum Gasteiger partial charge on any atom is 0.193 e. The Hall–Kier alpha value is -1.86. The van der Waals surface area contributed by atoms with E-state index < -0.39 is 0 Å². The summed E-state index contributed by atoms with van der Waals surface area (Å²) in [6.07, 6.45) is 4.57. The van der Waals surface area contributed by atoms with Crippen molar-refractivity contribution < 1.29 is 4.74 Å². The van der Waals surface area contributed by atoms with Crippen LogP contribution in [0.5, 0.6) is 0 Å². The van der Waals surface area contributed by atoms with Gasteiger partial charge in [-0.3, -0.25) is 4.99 Å². The van der Waals surface area contributed by atoms with Crippen LogP contribution in [0.25, 0.3) is 0 Å². The number of nitrogens with zero attached hydrogens (tertiary/aromatic N) is 5. The number of guanidine groups is 1. The fourth-order valence-electron chi connectivity index (χ4n) is 3.19. The van der Waals surface area contributed by atoms with Gasteiger partial charge in [0.2, 0.25) is 0 Å². The highest BCUT2D eigenvalue weighted by Crippen LogP contribution is 2.28. The minimum absolute atomic E-state index is 0.739. The Morgan fingerprint density at radius 3 is 2.81 bits per heavy atom. The van der Waals surface area contributed by atoms with Crippen LogP contribution in [0.4, 0.5) is 5.82 Å². The van der Waals surface area contributed by atoms with Crippen LogP contribution in [0.15, 0.2) is 23.3 Å². The third kappa shape index (κ3) is 6.36. The molecule has 0 atom stereocenters. The van der Waals surface area contributed by atoms with Gasteiger partial charge in [-0.15, -0.1) is 0 Å². The Morgan fingerprint density at radius 2 is 2.11 bits per heavy atom. The molecule has 7 nitrogen and oxygen atoms in total. The largest absolute Gasteiger partial charge is 0.379 e. The summed E-state index contributed by atoms with van der Waals surface area (Å²) in [4.78, 5) is 15.8. The van der Waals surface area contributed by atoms with Gasteiger partial charge in [-0.25, -0.2) is 4.98 Å². The van der Waals surface area contributed by atoms with Crippen molar-refractivity contribution in [1.29, 1.82) is 0 Å². The van der Waals surface area contributed by atoms with E-state index in [0.717, 1.165) is 70.2 Å². The number of rotatable bonds is 8. The van der Waals surface area contributed by atoms with E-state index in [4.69, 9.17) is 4.74 Å². The zero-order valence-electron chi connectivity index (χ0n) is 17.0. The number of pyridine rings is 1. The summed E-state index contributed by atoms with van der Waals surface area (Å²) in [5.41, 5.74) is 1.22. The van der Waals surface area contributed by atoms with Gasteiger partial charge in [0.15, 0.2) is 5.96 Å². The molecular weight excluding hydrogens is 340 g/mol. The Morgan fingerprint density at radius 1 is 1.33 bits per heavy atom. The lowest BCUT2D eigenvalue weighted by Gasteiger charge is -2.33. The number of aromatic nitrogens is 1. The molecule has 150 valence electrons. The molecule has 3 rings (SSSR count). The normalized spacial score (nSPS) is 18.6. The van der Waals surface area contributed by atoms with E-state index in [0.29, 0.717) is 0 Å². The van der Waals surface area contributed by atoms with Crippen LogP contribution in [0.1, 0.15) is 18.4 Å². The van der Waals surface area contributed by atoms with Crippen LogP contribution >= 0.6 is 0 Å². The Bertz CT molecular complexity index is 610. The molecule has 2 aliphatic rings. The van der Waals surface area contributed by atoms with Crippen molar-refractivity contribution in [3.8, 4) is 0 Å². The predicted molar refractivity (Wildman–Crippen MR) is 110 cm³/mol. The van der Waals surface area contributed by atoms with Crippen molar-refractivity contribution in [3.05, 3.63) is 23.9 Å². The van der Waals surface area contributed by atoms with E-state index in [1.54, 1.807) is 0 Å². The number of nitrogens with one attached hydrogen (secondary N) is 1. The number of ether oxygens (including phenoxy) is 1. The molecule has 1 saturated carbocycles. The number of anilines is 1. The zero-order valence-corrected chi connectivity index (χ0v) is 17.0. The molecule has 1 aliphatic carbocycles. The second kappa shape index (κ2) is 9.90. The summed E-state index contributed by atoms with van der Waals surface area (Å²) in [6.45, 7) is 7.48. The van der Waals surface area contributed by atoms with Gasteiger partial charge >= 0.3 is 0 Å². The SMILES string of the molecule is CN=C(NCc1ccnc(N2CCN(C)CC2)c1)N(C)CCOCC1CC1. The average molecular weight is 375 g/mol. The fraction of sp³-hybridized carbons (Fsp3) is 0.700. The van der Waals surface area contributed by atoms with Crippen LogP contribution < -0.4 is 10.2 Å². The lowest BCUT2D eigenvalue weighted by atomic mass is 10.2. The first kappa shape index (κ1) is 19.9. The second-order valence-electron chi connectivity index (χ2n) is 7.65. The van der Waals surface area contributed by atoms with Crippen molar-refractivity contribution >= 4 is 11.8 Å². The van der Waals surface area contributed by atoms with Gasteiger partial charge in [0.25, 0.3) is 0 Å². The first-order valence-corrected chi connectivity index (χ1v) is 10.0. The van der Waals surface area contributed by atoms with Gasteiger partial charge in [-0.1, -0.05) is 0 Å². The Labute approximate surface area is 163 Å². The molecule has 0 amide bonds. The van der Waals surface area contributed by atoms with Crippen molar-refractivity contribution in [2.24, 2.45) is 10.9 Å². The molecule has 1 aromatic rings. The molecule has 0 bridgehead atoms. The van der Waals surface area contributed by atoms with Gasteiger partial charge in [0, 0.05) is 66.2 Å². The van der Waals surface area contributed by atoms with Crippen LogP contribution in [0.3, 0.4) is 0 Å². The van der Waals surface area contributed by atoms with E-state index in [9.17, 15) is 0 Å². The first-order chi connectivity index (χ1) is 13.2. The number of aliphatic imine (C=N–C) groups is 1. The highest BCUT2D eigenvalue weighted by atomic mass is 16.5. The summed E-state index contributed by atoms with van der Waals surface area (Å²) in [6, 6.07) is 4.25. The average Bonchev–Trinajstić information content (AvgIpc) is 3.51. The molecule has 0 radical (unpaired) electrons. The van der Waals surface area contributed by atoms with Crippen molar-refractivity contribution in [3.63, 3.8) is 0 Å². The Kier molecular flexibility index (Phi) is 7.29. The molecule has 27 heavy (non-hydrogen) atoms. The van der Waals surface area contributed by atoms with Crippen LogP contribution in [-0.2, 0) is 11.3 Å². The topological polar surface area (TPSA) is 56.2 Å². The third-order valence-corrected chi connectivity index (χ3v) is 5.28. The predicted octanol–water partition coefficient (Wildman–Crippen LogP) is 1.27. The molecule has 2 heterocycles. The van der Waals surface area contributed by atoms with Gasteiger partial charge in [0.05, 0.1) is 6.61 Å². The summed E-state index contributed by atoms with van der Waals surface area (Å²) in [5, 5.41) is 3.45. The highest BCUT2D eigenvalue weighted by Gasteiger charge is 2.21.